The van der Waals surface area contributed by atoms with Crippen LogP contribution in [0.15, 0.2) is 0 Å². The fraction of sp³-hybridized carbons (Fsp3) is 0.733. The van der Waals surface area contributed by atoms with E-state index in [1.54, 1.807) is 11.3 Å². The summed E-state index contributed by atoms with van der Waals surface area (Å²) < 4.78 is 0. The number of rotatable bonds is 5. The monoisotopic (exact) mass is 296 g/mol. The predicted molar refractivity (Wildman–Crippen MR) is 81.5 cm³/mol. The standard InChI is InChI=1S/C15H24N2O2S/c1-4-11-7-5-6-8-17(11)9-12-13(15(18)19)16-14(20-12)10(2)3/h10-11H,4-9H2,1-3H3,(H,18,19). The minimum absolute atomic E-state index is 0.263. The van der Waals surface area contributed by atoms with Gasteiger partial charge in [0.2, 0.25) is 0 Å². The molecule has 0 aliphatic carbocycles. The van der Waals surface area contributed by atoms with Gasteiger partial charge in [-0.15, -0.1) is 11.3 Å². The van der Waals surface area contributed by atoms with Crippen molar-refractivity contribution in [2.75, 3.05) is 6.54 Å². The summed E-state index contributed by atoms with van der Waals surface area (Å²) in [5.41, 5.74) is 0.263. The van der Waals surface area contributed by atoms with E-state index in [4.69, 9.17) is 0 Å². The normalized spacial score (nSPS) is 20.5. The van der Waals surface area contributed by atoms with E-state index in [1.807, 2.05) is 0 Å². The predicted octanol–water partition coefficient (Wildman–Crippen LogP) is 3.73. The van der Waals surface area contributed by atoms with E-state index in [-0.39, 0.29) is 11.6 Å². The molecule has 1 atom stereocenters. The highest BCUT2D eigenvalue weighted by molar-refractivity contribution is 7.12. The van der Waals surface area contributed by atoms with Crippen LogP contribution >= 0.6 is 11.3 Å². The molecule has 2 heterocycles. The molecule has 0 aromatic carbocycles. The van der Waals surface area contributed by atoms with Gasteiger partial charge < -0.3 is 5.11 Å². The number of hydrogen-bond donors (Lipinski definition) is 1. The molecule has 0 bridgehead atoms. The van der Waals surface area contributed by atoms with E-state index in [1.165, 1.54) is 19.3 Å². The van der Waals surface area contributed by atoms with Gasteiger partial charge in [-0.05, 0) is 25.8 Å². The van der Waals surface area contributed by atoms with E-state index < -0.39 is 5.97 Å². The van der Waals surface area contributed by atoms with Crippen LogP contribution < -0.4 is 0 Å². The second kappa shape index (κ2) is 6.68. The number of carboxylic acid groups (broad SMARTS) is 1. The zero-order valence-electron chi connectivity index (χ0n) is 12.6. The summed E-state index contributed by atoms with van der Waals surface area (Å²) in [6.07, 6.45) is 4.88. The molecule has 1 aromatic heterocycles. The number of piperidine rings is 1. The first kappa shape index (κ1) is 15.4. The number of aromatic nitrogens is 1. The van der Waals surface area contributed by atoms with Gasteiger partial charge in [0, 0.05) is 18.5 Å². The lowest BCUT2D eigenvalue weighted by molar-refractivity contribution is 0.0686. The van der Waals surface area contributed by atoms with Crippen molar-refractivity contribution in [3.63, 3.8) is 0 Å². The molecule has 4 nitrogen and oxygen atoms in total. The third kappa shape index (κ3) is 3.38. The quantitative estimate of drug-likeness (QED) is 0.899. The Balaban J connectivity index is 2.20. The Labute approximate surface area is 124 Å². The van der Waals surface area contributed by atoms with Crippen LogP contribution in [0.3, 0.4) is 0 Å². The lowest BCUT2D eigenvalue weighted by Gasteiger charge is -2.34. The van der Waals surface area contributed by atoms with E-state index in [0.717, 1.165) is 29.4 Å². The van der Waals surface area contributed by atoms with Crippen molar-refractivity contribution in [2.45, 2.75) is 65.0 Å². The molecule has 1 aliphatic heterocycles. The molecule has 112 valence electrons. The van der Waals surface area contributed by atoms with E-state index in [2.05, 4.69) is 30.7 Å². The summed E-state index contributed by atoms with van der Waals surface area (Å²) in [6.45, 7) is 8.15. The fourth-order valence-corrected chi connectivity index (χ4v) is 3.89. The first-order valence-electron chi connectivity index (χ1n) is 7.49. The molecule has 1 fully saturated rings. The minimum atomic E-state index is -0.895. The number of likely N-dealkylation sites (tertiary alicyclic amines) is 1. The van der Waals surface area contributed by atoms with Gasteiger partial charge in [-0.2, -0.15) is 0 Å². The van der Waals surface area contributed by atoms with E-state index >= 15 is 0 Å². The molecule has 0 spiro atoms. The number of thiazole rings is 1. The summed E-state index contributed by atoms with van der Waals surface area (Å²) >= 11 is 1.57. The summed E-state index contributed by atoms with van der Waals surface area (Å²) in [4.78, 5) is 19.1. The van der Waals surface area contributed by atoms with Gasteiger partial charge in [-0.25, -0.2) is 9.78 Å². The van der Waals surface area contributed by atoms with Gasteiger partial charge in [-0.1, -0.05) is 27.2 Å². The first-order valence-corrected chi connectivity index (χ1v) is 8.31. The summed E-state index contributed by atoms with van der Waals surface area (Å²) in [5, 5.41) is 10.3. The van der Waals surface area contributed by atoms with Gasteiger partial charge >= 0.3 is 5.97 Å². The van der Waals surface area contributed by atoms with Crippen LogP contribution in [0.5, 0.6) is 0 Å². The van der Waals surface area contributed by atoms with Crippen molar-refractivity contribution in [1.29, 1.82) is 0 Å². The Bertz CT molecular complexity index is 470. The Morgan fingerprint density at radius 2 is 2.25 bits per heavy atom. The highest BCUT2D eigenvalue weighted by Crippen LogP contribution is 2.29. The second-order valence-electron chi connectivity index (χ2n) is 5.81. The van der Waals surface area contributed by atoms with Crippen molar-refractivity contribution in [3.8, 4) is 0 Å². The molecule has 0 saturated carbocycles. The Kier molecular flexibility index (Phi) is 5.16. The second-order valence-corrected chi connectivity index (χ2v) is 6.93. The molecule has 5 heteroatoms. The third-order valence-electron chi connectivity index (χ3n) is 3.98. The Morgan fingerprint density at radius 3 is 2.85 bits per heavy atom. The maximum absolute atomic E-state index is 11.4. The summed E-state index contributed by atoms with van der Waals surface area (Å²) in [5.74, 6) is -0.608. The molecule has 1 saturated heterocycles. The molecule has 2 rings (SSSR count). The number of carboxylic acids is 1. The van der Waals surface area contributed by atoms with Crippen LogP contribution in [0, 0.1) is 0 Å². The molecular formula is C15H24N2O2S. The molecule has 1 aromatic rings. The van der Waals surface area contributed by atoms with Crippen LogP contribution in [0.4, 0.5) is 0 Å². The van der Waals surface area contributed by atoms with Crippen LogP contribution in [-0.2, 0) is 6.54 Å². The average molecular weight is 296 g/mol. The number of nitrogens with zero attached hydrogens (tertiary/aromatic N) is 2. The molecule has 20 heavy (non-hydrogen) atoms. The maximum Gasteiger partial charge on any atom is 0.355 e. The zero-order valence-corrected chi connectivity index (χ0v) is 13.4. The van der Waals surface area contributed by atoms with Crippen molar-refractivity contribution in [2.24, 2.45) is 0 Å². The van der Waals surface area contributed by atoms with Gasteiger partial charge in [0.15, 0.2) is 5.69 Å². The minimum Gasteiger partial charge on any atom is -0.476 e. The maximum atomic E-state index is 11.4. The van der Waals surface area contributed by atoms with Gasteiger partial charge in [0.1, 0.15) is 0 Å². The van der Waals surface area contributed by atoms with Crippen LogP contribution in [0.1, 0.15) is 72.7 Å². The molecule has 1 aliphatic rings. The van der Waals surface area contributed by atoms with Gasteiger partial charge in [0.25, 0.3) is 0 Å². The van der Waals surface area contributed by atoms with Gasteiger partial charge in [0.05, 0.1) is 9.88 Å². The molecule has 1 unspecified atom stereocenters. The number of carbonyl (C=O) groups is 1. The Morgan fingerprint density at radius 1 is 1.50 bits per heavy atom. The third-order valence-corrected chi connectivity index (χ3v) is 5.32. The highest BCUT2D eigenvalue weighted by Gasteiger charge is 2.25. The van der Waals surface area contributed by atoms with Gasteiger partial charge in [-0.3, -0.25) is 4.90 Å². The lowest BCUT2D eigenvalue weighted by atomic mass is 10.00. The zero-order chi connectivity index (χ0) is 14.7. The van der Waals surface area contributed by atoms with Crippen molar-refractivity contribution in [1.82, 2.24) is 9.88 Å². The van der Waals surface area contributed by atoms with Crippen LogP contribution in [-0.4, -0.2) is 33.5 Å². The summed E-state index contributed by atoms with van der Waals surface area (Å²) in [6, 6.07) is 0.593. The van der Waals surface area contributed by atoms with E-state index in [0.29, 0.717) is 6.04 Å². The smallest absolute Gasteiger partial charge is 0.355 e. The molecule has 1 N–H and O–H groups in total. The first-order chi connectivity index (χ1) is 9.52. The SMILES string of the molecule is CCC1CCCCN1Cc1sc(C(C)C)nc1C(=O)O. The largest absolute Gasteiger partial charge is 0.476 e. The molecule has 0 radical (unpaired) electrons. The summed E-state index contributed by atoms with van der Waals surface area (Å²) in [7, 11) is 0. The Hall–Kier alpha value is -0.940. The van der Waals surface area contributed by atoms with Crippen LogP contribution in [0.25, 0.3) is 0 Å². The van der Waals surface area contributed by atoms with Crippen molar-refractivity contribution < 1.29 is 9.90 Å². The molecular weight excluding hydrogens is 272 g/mol. The fourth-order valence-electron chi connectivity index (χ4n) is 2.81. The molecule has 0 amide bonds. The number of aromatic carboxylic acids is 1. The lowest BCUT2D eigenvalue weighted by Crippen LogP contribution is -2.38. The van der Waals surface area contributed by atoms with E-state index in [9.17, 15) is 9.90 Å². The average Bonchev–Trinajstić information content (AvgIpc) is 2.84. The van der Waals surface area contributed by atoms with Crippen LogP contribution in [0.2, 0.25) is 0 Å². The topological polar surface area (TPSA) is 53.4 Å². The van der Waals surface area contributed by atoms with Crippen molar-refractivity contribution in [3.05, 3.63) is 15.6 Å². The van der Waals surface area contributed by atoms with Crippen molar-refractivity contribution >= 4 is 17.3 Å². The number of hydrogen-bond acceptors (Lipinski definition) is 4. The highest BCUT2D eigenvalue weighted by atomic mass is 32.1.